The zero-order valence-electron chi connectivity index (χ0n) is 37.6. The van der Waals surface area contributed by atoms with Crippen molar-refractivity contribution in [2.75, 3.05) is 0 Å². The summed E-state index contributed by atoms with van der Waals surface area (Å²) in [7, 11) is 0. The van der Waals surface area contributed by atoms with Gasteiger partial charge < -0.3 is 4.74 Å². The summed E-state index contributed by atoms with van der Waals surface area (Å²) in [6, 6.07) is 0. The number of allylic oxidation sites excluding steroid dienone is 7. The van der Waals surface area contributed by atoms with Crippen molar-refractivity contribution in [2.24, 2.45) is 52.3 Å². The molecule has 0 heterocycles. The van der Waals surface area contributed by atoms with Crippen LogP contribution in [0.2, 0.25) is 0 Å². The fourth-order valence-electron chi connectivity index (χ4n) is 12.5. The Hall–Kier alpha value is -1.57. The second-order valence-electron chi connectivity index (χ2n) is 20.2. The lowest BCUT2D eigenvalue weighted by Crippen LogP contribution is -2.49. The second kappa shape index (κ2) is 24.4. The minimum Gasteiger partial charge on any atom is -0.459 e. The van der Waals surface area contributed by atoms with Gasteiger partial charge in [0.15, 0.2) is 0 Å². The molecule has 0 saturated heterocycles. The monoisotopic (exact) mass is 759 g/mol. The first-order valence-electron chi connectivity index (χ1n) is 24.5. The predicted octanol–water partition coefficient (Wildman–Crippen LogP) is 16.5. The Morgan fingerprint density at radius 2 is 1.40 bits per heavy atom. The van der Waals surface area contributed by atoms with Crippen LogP contribution in [0.5, 0.6) is 0 Å². The van der Waals surface area contributed by atoms with Gasteiger partial charge in [0.05, 0.1) is 0 Å². The number of rotatable bonds is 26. The van der Waals surface area contributed by atoms with E-state index in [0.717, 1.165) is 54.8 Å². The topological polar surface area (TPSA) is 26.3 Å². The average Bonchev–Trinajstić information content (AvgIpc) is 3.53. The van der Waals surface area contributed by atoms with Crippen molar-refractivity contribution in [3.63, 3.8) is 0 Å². The van der Waals surface area contributed by atoms with Crippen molar-refractivity contribution in [1.82, 2.24) is 0 Å². The largest absolute Gasteiger partial charge is 0.459 e. The maximum atomic E-state index is 12.8. The van der Waals surface area contributed by atoms with Crippen LogP contribution in [0.3, 0.4) is 0 Å². The summed E-state index contributed by atoms with van der Waals surface area (Å²) in [4.78, 5) is 12.8. The summed E-state index contributed by atoms with van der Waals surface area (Å²) < 4.78 is 6.06. The van der Waals surface area contributed by atoms with Crippen LogP contribution in [0.15, 0.2) is 48.1 Å². The quantitative estimate of drug-likeness (QED) is 0.0289. The molecule has 3 fully saturated rings. The molecule has 0 N–H and O–H groups in total. The van der Waals surface area contributed by atoms with Gasteiger partial charge in [-0.05, 0) is 123 Å². The highest BCUT2D eigenvalue weighted by atomic mass is 16.5. The number of esters is 1. The molecule has 0 radical (unpaired) electrons. The molecule has 0 aromatic carbocycles. The third kappa shape index (κ3) is 13.8. The van der Waals surface area contributed by atoms with Gasteiger partial charge in [0, 0.05) is 6.08 Å². The summed E-state index contributed by atoms with van der Waals surface area (Å²) in [5, 5.41) is 0. The van der Waals surface area contributed by atoms with Gasteiger partial charge in [0.2, 0.25) is 0 Å². The number of carbonyl (C=O) groups excluding carboxylic acids is 1. The zero-order chi connectivity index (χ0) is 39.5. The standard InChI is InChI=1S/C53H90O2/c1-8-10-11-12-13-14-15-16-17-18-19-20-21-22-23-24-25-26-27-28-29-30-51(54)55-46-37-39-52(6)45(41-46)33-34-47-49-36-35-48(53(49,7)40-38-50(47)52)43(5)31-32-44(9-2)42(3)4/h25-30,38,42-49H,8-24,31-37,39-41H2,1-7H3/t43-,44-,45+,46+,47+,48-,49+,52+,53-/m1/s1. The Kier molecular flexibility index (Phi) is 20.4. The van der Waals surface area contributed by atoms with Crippen molar-refractivity contribution < 1.29 is 9.53 Å². The van der Waals surface area contributed by atoms with Crippen molar-refractivity contribution in [3.8, 4) is 0 Å². The van der Waals surface area contributed by atoms with E-state index in [1.165, 1.54) is 154 Å². The molecule has 0 unspecified atom stereocenters. The molecule has 0 aromatic heterocycles. The first-order valence-corrected chi connectivity index (χ1v) is 24.5. The highest BCUT2D eigenvalue weighted by molar-refractivity contribution is 5.82. The molecule has 55 heavy (non-hydrogen) atoms. The lowest BCUT2D eigenvalue weighted by atomic mass is 9.48. The van der Waals surface area contributed by atoms with Gasteiger partial charge in [0.25, 0.3) is 0 Å². The van der Waals surface area contributed by atoms with Crippen LogP contribution in [-0.4, -0.2) is 12.1 Å². The van der Waals surface area contributed by atoms with Crippen LogP contribution in [0, 0.1) is 52.3 Å². The fraction of sp³-hybridized carbons (Fsp3) is 0.830. The van der Waals surface area contributed by atoms with Crippen LogP contribution in [0.25, 0.3) is 0 Å². The number of hydrogen-bond donors (Lipinski definition) is 0. The average molecular weight is 759 g/mol. The zero-order valence-corrected chi connectivity index (χ0v) is 37.6. The molecule has 3 saturated carbocycles. The van der Waals surface area contributed by atoms with E-state index in [4.69, 9.17) is 4.74 Å². The molecule has 0 aliphatic heterocycles. The van der Waals surface area contributed by atoms with Crippen LogP contribution < -0.4 is 0 Å². The molecule has 0 aromatic rings. The van der Waals surface area contributed by atoms with Crippen LogP contribution in [-0.2, 0) is 9.53 Å². The number of hydrogen-bond acceptors (Lipinski definition) is 2. The molecule has 314 valence electrons. The smallest absolute Gasteiger partial charge is 0.331 e. The Morgan fingerprint density at radius 1 is 0.764 bits per heavy atom. The molecule has 4 aliphatic rings. The molecular formula is C53H90O2. The van der Waals surface area contributed by atoms with Gasteiger partial charge in [-0.3, -0.25) is 0 Å². The highest BCUT2D eigenvalue weighted by Gasteiger charge is 2.58. The van der Waals surface area contributed by atoms with Crippen LogP contribution >= 0.6 is 0 Å². The second-order valence-corrected chi connectivity index (χ2v) is 20.2. The van der Waals surface area contributed by atoms with Gasteiger partial charge >= 0.3 is 5.97 Å². The van der Waals surface area contributed by atoms with Gasteiger partial charge in [-0.2, -0.15) is 0 Å². The number of carbonyl (C=O) groups is 1. The van der Waals surface area contributed by atoms with Crippen molar-refractivity contribution >= 4 is 5.97 Å². The minimum absolute atomic E-state index is 0.0644. The molecule has 2 nitrogen and oxygen atoms in total. The number of fused-ring (bicyclic) bond motifs is 5. The van der Waals surface area contributed by atoms with Crippen LogP contribution in [0.4, 0.5) is 0 Å². The molecule has 0 spiro atoms. The van der Waals surface area contributed by atoms with Gasteiger partial charge in [0.1, 0.15) is 6.10 Å². The van der Waals surface area contributed by atoms with E-state index in [-0.39, 0.29) is 12.1 Å². The van der Waals surface area contributed by atoms with E-state index < -0.39 is 0 Å². The summed E-state index contributed by atoms with van der Waals surface area (Å²) in [6.45, 7) is 17.4. The Labute approximate surface area is 342 Å². The summed E-state index contributed by atoms with van der Waals surface area (Å²) >= 11 is 0. The highest BCUT2D eigenvalue weighted by Crippen LogP contribution is 2.66. The van der Waals surface area contributed by atoms with E-state index >= 15 is 0 Å². The lowest BCUT2D eigenvalue weighted by molar-refractivity contribution is -0.147. The van der Waals surface area contributed by atoms with E-state index in [1.54, 1.807) is 6.08 Å². The maximum absolute atomic E-state index is 12.8. The summed E-state index contributed by atoms with van der Waals surface area (Å²) in [5.74, 6) is 5.52. The first-order chi connectivity index (χ1) is 26.6. The summed E-state index contributed by atoms with van der Waals surface area (Å²) in [5.41, 5.74) is 2.58. The van der Waals surface area contributed by atoms with E-state index in [0.29, 0.717) is 16.7 Å². The first kappa shape index (κ1) is 46.1. The van der Waals surface area contributed by atoms with Gasteiger partial charge in [-0.15, -0.1) is 0 Å². The minimum atomic E-state index is -0.175. The van der Waals surface area contributed by atoms with E-state index in [9.17, 15) is 4.79 Å². The molecule has 0 amide bonds. The number of ether oxygens (including phenoxy) is 1. The summed E-state index contributed by atoms with van der Waals surface area (Å²) in [6.07, 6.45) is 51.2. The predicted molar refractivity (Wildman–Crippen MR) is 239 cm³/mol. The molecule has 2 heteroatoms. The van der Waals surface area contributed by atoms with Crippen molar-refractivity contribution in [2.45, 2.75) is 228 Å². The molecule has 0 bridgehead atoms. The maximum Gasteiger partial charge on any atom is 0.331 e. The van der Waals surface area contributed by atoms with Crippen molar-refractivity contribution in [3.05, 3.63) is 48.1 Å². The Bertz CT molecular complexity index is 1200. The van der Waals surface area contributed by atoms with Crippen molar-refractivity contribution in [1.29, 1.82) is 0 Å². The van der Waals surface area contributed by atoms with E-state index in [1.807, 2.05) is 23.8 Å². The SMILES string of the molecule is CCCCCCCCCCCCCCCCCC=CC=CC=CC(=O)O[C@H]1CC[C@]2(C)C3=CC[C@]4(C)[C@@H]([C@H](C)CC[C@@H](CC)C(C)C)CC[C@H]4[C@@H]3CC[C@H]2C1. The van der Waals surface area contributed by atoms with Gasteiger partial charge in [-0.25, -0.2) is 4.79 Å². The van der Waals surface area contributed by atoms with Crippen LogP contribution in [0.1, 0.15) is 222 Å². The third-order valence-corrected chi connectivity index (χ3v) is 16.2. The third-order valence-electron chi connectivity index (χ3n) is 16.2. The Morgan fingerprint density at radius 3 is 2.04 bits per heavy atom. The lowest BCUT2D eigenvalue weighted by Gasteiger charge is -2.57. The van der Waals surface area contributed by atoms with Gasteiger partial charge in [-0.1, -0.05) is 193 Å². The fourth-order valence-corrected chi connectivity index (χ4v) is 12.5. The molecule has 9 atom stereocenters. The normalized spacial score (nSPS) is 30.5. The molecular weight excluding hydrogens is 669 g/mol. The molecule has 4 aliphatic carbocycles. The Balaban J connectivity index is 1.08. The number of unbranched alkanes of at least 4 members (excludes halogenated alkanes) is 15. The van der Waals surface area contributed by atoms with E-state index in [2.05, 4.69) is 66.7 Å². The molecule has 4 rings (SSSR count).